The first kappa shape index (κ1) is 14.4. The number of ether oxygens (including phenoxy) is 1. The van der Waals surface area contributed by atoms with Crippen LogP contribution in [0.15, 0.2) is 59.6 Å². The number of nitrogens with zero attached hydrogens (tertiary/aromatic N) is 2. The molecule has 0 heterocycles. The molecule has 22 heavy (non-hydrogen) atoms. The van der Waals surface area contributed by atoms with Gasteiger partial charge in [0.25, 0.3) is 0 Å². The first-order valence-electron chi connectivity index (χ1n) is 7.57. The van der Waals surface area contributed by atoms with E-state index in [1.54, 1.807) is 0 Å². The van der Waals surface area contributed by atoms with Gasteiger partial charge < -0.3 is 15.4 Å². The van der Waals surface area contributed by atoms with Crippen LogP contribution in [0.5, 0.6) is 11.5 Å². The molecule has 0 radical (unpaired) electrons. The Morgan fingerprint density at radius 1 is 1.14 bits per heavy atom. The molecule has 0 spiro atoms. The van der Waals surface area contributed by atoms with Crippen LogP contribution >= 0.6 is 0 Å². The monoisotopic (exact) mass is 295 g/mol. The first-order valence-corrected chi connectivity index (χ1v) is 7.57. The lowest BCUT2D eigenvalue weighted by Gasteiger charge is -2.16. The number of benzene rings is 2. The van der Waals surface area contributed by atoms with E-state index in [9.17, 15) is 0 Å². The van der Waals surface area contributed by atoms with Gasteiger partial charge >= 0.3 is 0 Å². The molecular weight excluding hydrogens is 274 g/mol. The molecule has 0 unspecified atom stereocenters. The van der Waals surface area contributed by atoms with Crippen molar-refractivity contribution < 1.29 is 4.74 Å². The van der Waals surface area contributed by atoms with Crippen LogP contribution in [0.4, 0.5) is 0 Å². The molecule has 114 valence electrons. The number of rotatable bonds is 5. The number of hydrogen-bond donors (Lipinski definition) is 1. The third-order valence-electron chi connectivity index (χ3n) is 3.76. The minimum atomic E-state index is 0.564. The molecule has 2 aromatic carbocycles. The van der Waals surface area contributed by atoms with E-state index in [-0.39, 0.29) is 0 Å². The van der Waals surface area contributed by atoms with Gasteiger partial charge in [-0.3, -0.25) is 0 Å². The Morgan fingerprint density at radius 3 is 2.59 bits per heavy atom. The minimum Gasteiger partial charge on any atom is -0.457 e. The molecule has 1 aliphatic rings. The molecule has 4 nitrogen and oxygen atoms in total. The highest BCUT2D eigenvalue weighted by atomic mass is 16.5. The Morgan fingerprint density at radius 2 is 1.86 bits per heavy atom. The molecule has 0 aromatic heterocycles. The van der Waals surface area contributed by atoms with Gasteiger partial charge in [-0.2, -0.15) is 0 Å². The maximum atomic E-state index is 6.01. The van der Waals surface area contributed by atoms with E-state index in [2.05, 4.69) is 9.89 Å². The van der Waals surface area contributed by atoms with Gasteiger partial charge in [0.05, 0.1) is 6.54 Å². The van der Waals surface area contributed by atoms with Gasteiger partial charge in [-0.05, 0) is 42.7 Å². The van der Waals surface area contributed by atoms with Crippen molar-refractivity contribution in [3.05, 3.63) is 60.2 Å². The molecule has 3 rings (SSSR count). The van der Waals surface area contributed by atoms with Gasteiger partial charge in [0.15, 0.2) is 5.96 Å². The van der Waals surface area contributed by atoms with E-state index in [1.807, 2.05) is 61.6 Å². The molecule has 0 saturated heterocycles. The second kappa shape index (κ2) is 6.52. The van der Waals surface area contributed by atoms with Crippen LogP contribution in [0.1, 0.15) is 18.4 Å². The van der Waals surface area contributed by atoms with E-state index in [0.29, 0.717) is 18.5 Å². The van der Waals surface area contributed by atoms with E-state index in [1.165, 1.54) is 12.8 Å². The fourth-order valence-electron chi connectivity index (χ4n) is 2.26. The number of nitrogens with two attached hydrogens (primary N) is 1. The summed E-state index contributed by atoms with van der Waals surface area (Å²) in [4.78, 5) is 6.53. The molecule has 0 aliphatic heterocycles. The summed E-state index contributed by atoms with van der Waals surface area (Å²) in [5.41, 5.74) is 7.10. The normalized spacial score (nSPS) is 14.7. The van der Waals surface area contributed by atoms with Gasteiger partial charge in [-0.25, -0.2) is 4.99 Å². The lowest BCUT2D eigenvalue weighted by molar-refractivity contribution is 0.481. The zero-order valence-electron chi connectivity index (χ0n) is 12.8. The summed E-state index contributed by atoms with van der Waals surface area (Å²) in [7, 11) is 2.01. The van der Waals surface area contributed by atoms with Crippen molar-refractivity contribution in [3.63, 3.8) is 0 Å². The molecule has 1 aliphatic carbocycles. The minimum absolute atomic E-state index is 0.564. The highest BCUT2D eigenvalue weighted by Gasteiger charge is 2.27. The number of guanidine groups is 1. The molecule has 1 fully saturated rings. The fourth-order valence-corrected chi connectivity index (χ4v) is 2.26. The van der Waals surface area contributed by atoms with Crippen LogP contribution in [-0.2, 0) is 6.54 Å². The van der Waals surface area contributed by atoms with Crippen molar-refractivity contribution in [2.45, 2.75) is 25.4 Å². The molecular formula is C18H21N3O. The Kier molecular flexibility index (Phi) is 4.28. The second-order valence-electron chi connectivity index (χ2n) is 5.58. The standard InChI is InChI=1S/C18H21N3O/c1-21(15-10-11-15)18(19)20-13-14-6-5-9-17(12-14)22-16-7-3-2-4-8-16/h2-9,12,15H,10-11,13H2,1H3,(H2,19,20). The maximum absolute atomic E-state index is 6.01. The van der Waals surface area contributed by atoms with Gasteiger partial charge in [0.2, 0.25) is 0 Å². The van der Waals surface area contributed by atoms with Gasteiger partial charge in [0, 0.05) is 13.1 Å². The zero-order valence-corrected chi connectivity index (χ0v) is 12.8. The van der Waals surface area contributed by atoms with Crippen LogP contribution in [0, 0.1) is 0 Å². The van der Waals surface area contributed by atoms with E-state index < -0.39 is 0 Å². The van der Waals surface area contributed by atoms with Crippen molar-refractivity contribution in [1.29, 1.82) is 0 Å². The molecule has 0 atom stereocenters. The Balaban J connectivity index is 1.64. The predicted octanol–water partition coefficient (Wildman–Crippen LogP) is 3.39. The summed E-state index contributed by atoms with van der Waals surface area (Å²) >= 11 is 0. The van der Waals surface area contributed by atoms with Crippen LogP contribution in [0.2, 0.25) is 0 Å². The lowest BCUT2D eigenvalue weighted by atomic mass is 10.2. The maximum Gasteiger partial charge on any atom is 0.191 e. The van der Waals surface area contributed by atoms with E-state index >= 15 is 0 Å². The molecule has 4 heteroatoms. The van der Waals surface area contributed by atoms with E-state index in [4.69, 9.17) is 10.5 Å². The first-order chi connectivity index (χ1) is 10.7. The largest absolute Gasteiger partial charge is 0.457 e. The lowest BCUT2D eigenvalue weighted by Crippen LogP contribution is -2.35. The highest BCUT2D eigenvalue weighted by molar-refractivity contribution is 5.78. The van der Waals surface area contributed by atoms with Crippen molar-refractivity contribution >= 4 is 5.96 Å². The summed E-state index contributed by atoms with van der Waals surface area (Å²) < 4.78 is 5.83. The van der Waals surface area contributed by atoms with Crippen LogP contribution < -0.4 is 10.5 Å². The Labute approximate surface area is 131 Å². The third-order valence-corrected chi connectivity index (χ3v) is 3.76. The Hall–Kier alpha value is -2.49. The summed E-state index contributed by atoms with van der Waals surface area (Å²) in [6.45, 7) is 0.564. The topological polar surface area (TPSA) is 50.8 Å². The summed E-state index contributed by atoms with van der Waals surface area (Å²) in [6, 6.07) is 18.3. The van der Waals surface area contributed by atoms with Crippen molar-refractivity contribution in [3.8, 4) is 11.5 Å². The molecule has 2 N–H and O–H groups in total. The van der Waals surface area contributed by atoms with Gasteiger partial charge in [-0.1, -0.05) is 30.3 Å². The quantitative estimate of drug-likeness (QED) is 0.679. The SMILES string of the molecule is CN(C(N)=NCc1cccc(Oc2ccccc2)c1)C1CC1. The number of aliphatic imine (C=N–C) groups is 1. The summed E-state index contributed by atoms with van der Waals surface area (Å²) in [5, 5.41) is 0. The van der Waals surface area contributed by atoms with Crippen molar-refractivity contribution in [2.24, 2.45) is 10.7 Å². The van der Waals surface area contributed by atoms with Gasteiger partial charge in [0.1, 0.15) is 11.5 Å². The smallest absolute Gasteiger partial charge is 0.191 e. The summed E-state index contributed by atoms with van der Waals surface area (Å²) in [5.74, 6) is 2.25. The average molecular weight is 295 g/mol. The number of para-hydroxylation sites is 1. The molecule has 0 bridgehead atoms. The van der Waals surface area contributed by atoms with Crippen LogP contribution in [0.25, 0.3) is 0 Å². The zero-order chi connectivity index (χ0) is 15.4. The molecule has 2 aromatic rings. The number of hydrogen-bond acceptors (Lipinski definition) is 2. The second-order valence-corrected chi connectivity index (χ2v) is 5.58. The van der Waals surface area contributed by atoms with E-state index in [0.717, 1.165) is 17.1 Å². The summed E-state index contributed by atoms with van der Waals surface area (Å²) in [6.07, 6.45) is 2.43. The third kappa shape index (κ3) is 3.79. The predicted molar refractivity (Wildman–Crippen MR) is 89.1 cm³/mol. The van der Waals surface area contributed by atoms with Crippen molar-refractivity contribution in [2.75, 3.05) is 7.05 Å². The molecule has 1 saturated carbocycles. The van der Waals surface area contributed by atoms with Crippen LogP contribution in [-0.4, -0.2) is 23.9 Å². The van der Waals surface area contributed by atoms with Crippen molar-refractivity contribution in [1.82, 2.24) is 4.90 Å². The fraction of sp³-hybridized carbons (Fsp3) is 0.278. The highest BCUT2D eigenvalue weighted by Crippen LogP contribution is 2.25. The van der Waals surface area contributed by atoms with Gasteiger partial charge in [-0.15, -0.1) is 0 Å². The Bertz CT molecular complexity index is 650. The average Bonchev–Trinajstić information content (AvgIpc) is 3.38. The van der Waals surface area contributed by atoms with Crippen LogP contribution in [0.3, 0.4) is 0 Å². The molecule has 0 amide bonds.